The molecular weight excluding hydrogens is 425 g/mol. The molecular formula is C20H20ClF3N2O4. The van der Waals surface area contributed by atoms with Gasteiger partial charge in [0.25, 0.3) is 0 Å². The number of rotatable bonds is 6. The first-order chi connectivity index (χ1) is 14.2. The molecule has 2 aromatic carbocycles. The SMILES string of the molecule is O=C(NCc1ccc(OC(F)(F)F)cc1)O[C@@H]1[C@@H](O)CN[C@@H]1Cc1ccc(Cl)cc1. The predicted molar refractivity (Wildman–Crippen MR) is 103 cm³/mol. The molecule has 0 spiro atoms. The van der Waals surface area contributed by atoms with Crippen molar-refractivity contribution in [3.63, 3.8) is 0 Å². The molecule has 0 unspecified atom stereocenters. The summed E-state index contributed by atoms with van der Waals surface area (Å²) in [5.74, 6) is -0.348. The van der Waals surface area contributed by atoms with Gasteiger partial charge in [0.1, 0.15) is 18.0 Å². The summed E-state index contributed by atoms with van der Waals surface area (Å²) < 4.78 is 45.7. The quantitative estimate of drug-likeness (QED) is 0.636. The molecule has 1 saturated heterocycles. The van der Waals surface area contributed by atoms with Crippen molar-refractivity contribution < 1.29 is 32.5 Å². The van der Waals surface area contributed by atoms with Crippen molar-refractivity contribution in [2.24, 2.45) is 0 Å². The van der Waals surface area contributed by atoms with Gasteiger partial charge in [0.05, 0.1) is 6.04 Å². The molecule has 3 atom stereocenters. The van der Waals surface area contributed by atoms with Crippen LogP contribution in [0.25, 0.3) is 0 Å². The van der Waals surface area contributed by atoms with Gasteiger partial charge in [-0.3, -0.25) is 0 Å². The van der Waals surface area contributed by atoms with Crippen LogP contribution in [0.4, 0.5) is 18.0 Å². The van der Waals surface area contributed by atoms with Gasteiger partial charge in [0, 0.05) is 18.1 Å². The van der Waals surface area contributed by atoms with E-state index in [1.807, 2.05) is 12.1 Å². The number of aliphatic hydroxyl groups excluding tert-OH is 1. The minimum absolute atomic E-state index is 0.0449. The molecule has 1 amide bonds. The Balaban J connectivity index is 1.50. The van der Waals surface area contributed by atoms with Crippen LogP contribution in [0, 0.1) is 0 Å². The van der Waals surface area contributed by atoms with Crippen molar-refractivity contribution in [3.05, 3.63) is 64.7 Å². The summed E-state index contributed by atoms with van der Waals surface area (Å²) >= 11 is 5.88. The number of hydrogen-bond acceptors (Lipinski definition) is 5. The Morgan fingerprint density at radius 1 is 1.13 bits per heavy atom. The first-order valence-electron chi connectivity index (χ1n) is 9.15. The molecule has 30 heavy (non-hydrogen) atoms. The summed E-state index contributed by atoms with van der Waals surface area (Å²) in [5, 5.41) is 16.4. The second-order valence-corrected chi connectivity index (χ2v) is 7.26. The minimum Gasteiger partial charge on any atom is -0.442 e. The Morgan fingerprint density at radius 2 is 1.77 bits per heavy atom. The Bertz CT molecular complexity index is 847. The zero-order chi connectivity index (χ0) is 21.7. The van der Waals surface area contributed by atoms with Gasteiger partial charge in [-0.05, 0) is 41.8 Å². The van der Waals surface area contributed by atoms with E-state index in [1.54, 1.807) is 12.1 Å². The molecule has 0 radical (unpaired) electrons. The molecule has 0 aliphatic carbocycles. The number of benzene rings is 2. The van der Waals surface area contributed by atoms with Gasteiger partial charge < -0.3 is 25.2 Å². The van der Waals surface area contributed by atoms with Gasteiger partial charge in [0.15, 0.2) is 0 Å². The number of amides is 1. The van der Waals surface area contributed by atoms with Gasteiger partial charge in [0.2, 0.25) is 0 Å². The normalized spacial score (nSPS) is 21.3. The van der Waals surface area contributed by atoms with Crippen molar-refractivity contribution in [2.45, 2.75) is 37.6 Å². The van der Waals surface area contributed by atoms with Crippen LogP contribution in [-0.4, -0.2) is 42.4 Å². The van der Waals surface area contributed by atoms with E-state index in [2.05, 4.69) is 15.4 Å². The number of alkyl halides is 3. The van der Waals surface area contributed by atoms with E-state index in [0.717, 1.165) is 17.7 Å². The summed E-state index contributed by atoms with van der Waals surface area (Å²) in [4.78, 5) is 12.2. The van der Waals surface area contributed by atoms with Crippen LogP contribution < -0.4 is 15.4 Å². The summed E-state index contributed by atoms with van der Waals surface area (Å²) in [7, 11) is 0. The highest BCUT2D eigenvalue weighted by atomic mass is 35.5. The molecule has 6 nitrogen and oxygen atoms in total. The first-order valence-corrected chi connectivity index (χ1v) is 9.52. The van der Waals surface area contributed by atoms with E-state index in [4.69, 9.17) is 16.3 Å². The van der Waals surface area contributed by atoms with Crippen LogP contribution in [-0.2, 0) is 17.7 Å². The average Bonchev–Trinajstić information content (AvgIpc) is 3.01. The third-order valence-electron chi connectivity index (χ3n) is 4.57. The number of ether oxygens (including phenoxy) is 2. The first kappa shape index (κ1) is 22.2. The molecule has 0 saturated carbocycles. The Morgan fingerprint density at radius 3 is 2.40 bits per heavy atom. The average molecular weight is 445 g/mol. The zero-order valence-corrected chi connectivity index (χ0v) is 16.4. The van der Waals surface area contributed by atoms with E-state index in [1.165, 1.54) is 12.1 Å². The zero-order valence-electron chi connectivity index (χ0n) is 15.7. The molecule has 1 aliphatic heterocycles. The second kappa shape index (κ2) is 9.55. The highest BCUT2D eigenvalue weighted by molar-refractivity contribution is 6.30. The molecule has 10 heteroatoms. The van der Waals surface area contributed by atoms with Crippen LogP contribution in [0.2, 0.25) is 5.02 Å². The molecule has 1 fully saturated rings. The lowest BCUT2D eigenvalue weighted by molar-refractivity contribution is -0.274. The molecule has 3 rings (SSSR count). The van der Waals surface area contributed by atoms with Crippen LogP contribution in [0.15, 0.2) is 48.5 Å². The fourth-order valence-electron chi connectivity index (χ4n) is 3.14. The number of halogens is 4. The largest absolute Gasteiger partial charge is 0.573 e. The number of aliphatic hydroxyl groups is 1. The minimum atomic E-state index is -4.76. The van der Waals surface area contributed by atoms with Gasteiger partial charge in [-0.15, -0.1) is 13.2 Å². The second-order valence-electron chi connectivity index (χ2n) is 6.83. The number of alkyl carbamates (subject to hydrolysis) is 1. The molecule has 1 aliphatic rings. The Kier molecular flexibility index (Phi) is 7.06. The van der Waals surface area contributed by atoms with Crippen molar-refractivity contribution >= 4 is 17.7 Å². The van der Waals surface area contributed by atoms with E-state index < -0.39 is 24.7 Å². The Hall–Kier alpha value is -2.49. The summed E-state index contributed by atoms with van der Waals surface area (Å²) in [6, 6.07) is 12.1. The third kappa shape index (κ3) is 6.51. The molecule has 162 valence electrons. The summed E-state index contributed by atoms with van der Waals surface area (Å²) in [5.41, 5.74) is 1.53. The van der Waals surface area contributed by atoms with Crippen molar-refractivity contribution in [1.82, 2.24) is 10.6 Å². The summed E-state index contributed by atoms with van der Waals surface area (Å²) in [6.07, 6.45) is -6.57. The highest BCUT2D eigenvalue weighted by Crippen LogP contribution is 2.23. The molecule has 0 bridgehead atoms. The maximum atomic E-state index is 12.2. The van der Waals surface area contributed by atoms with Gasteiger partial charge in [-0.2, -0.15) is 0 Å². The lowest BCUT2D eigenvalue weighted by atomic mass is 10.0. The maximum absolute atomic E-state index is 12.2. The Labute approximate surface area is 175 Å². The van der Waals surface area contributed by atoms with E-state index in [9.17, 15) is 23.1 Å². The molecule has 1 heterocycles. The van der Waals surface area contributed by atoms with Gasteiger partial charge in [-0.25, -0.2) is 4.79 Å². The van der Waals surface area contributed by atoms with Crippen LogP contribution in [0.5, 0.6) is 5.75 Å². The van der Waals surface area contributed by atoms with E-state index in [-0.39, 0.29) is 24.9 Å². The molecule has 0 aromatic heterocycles. The number of carbonyl (C=O) groups excluding carboxylic acids is 1. The topological polar surface area (TPSA) is 79.8 Å². The number of carbonyl (C=O) groups is 1. The van der Waals surface area contributed by atoms with Crippen molar-refractivity contribution in [2.75, 3.05) is 6.54 Å². The summed E-state index contributed by atoms with van der Waals surface area (Å²) in [6.45, 7) is 0.333. The number of nitrogens with one attached hydrogen (secondary N) is 2. The van der Waals surface area contributed by atoms with E-state index in [0.29, 0.717) is 17.0 Å². The molecule has 3 N–H and O–H groups in total. The van der Waals surface area contributed by atoms with Crippen LogP contribution in [0.1, 0.15) is 11.1 Å². The lowest BCUT2D eigenvalue weighted by Crippen LogP contribution is -2.41. The van der Waals surface area contributed by atoms with Gasteiger partial charge >= 0.3 is 12.5 Å². The number of hydrogen-bond donors (Lipinski definition) is 3. The fourth-order valence-corrected chi connectivity index (χ4v) is 3.27. The van der Waals surface area contributed by atoms with Gasteiger partial charge in [-0.1, -0.05) is 35.9 Å². The lowest BCUT2D eigenvalue weighted by Gasteiger charge is -2.22. The van der Waals surface area contributed by atoms with Crippen molar-refractivity contribution in [1.29, 1.82) is 0 Å². The van der Waals surface area contributed by atoms with E-state index >= 15 is 0 Å². The smallest absolute Gasteiger partial charge is 0.442 e. The molecule has 2 aromatic rings. The fraction of sp³-hybridized carbons (Fsp3) is 0.350. The highest BCUT2D eigenvalue weighted by Gasteiger charge is 2.37. The number of β-amino-alcohol motifs (C(OH)–C–C–N with tert-alkyl or cyclic N) is 1. The predicted octanol–water partition coefficient (Wildman–Crippen LogP) is 3.41. The van der Waals surface area contributed by atoms with Crippen LogP contribution >= 0.6 is 11.6 Å². The maximum Gasteiger partial charge on any atom is 0.573 e. The van der Waals surface area contributed by atoms with Crippen molar-refractivity contribution in [3.8, 4) is 5.75 Å². The van der Waals surface area contributed by atoms with Crippen LogP contribution in [0.3, 0.4) is 0 Å². The standard InChI is InChI=1S/C20H20ClF3N2O4/c21-14-5-1-12(2-6-14)9-16-18(17(27)11-25-16)29-19(28)26-10-13-3-7-15(8-4-13)30-20(22,23)24/h1-8,16-18,25,27H,9-11H2,(H,26,28)/t16-,17+,18+/m1/s1. The monoisotopic (exact) mass is 444 g/mol. The third-order valence-corrected chi connectivity index (χ3v) is 4.82.